The Morgan fingerprint density at radius 1 is 1.23 bits per heavy atom. The highest BCUT2D eigenvalue weighted by Gasteiger charge is 2.32. The number of fused-ring (bicyclic) bond motifs is 2. The highest BCUT2D eigenvalue weighted by Crippen LogP contribution is 2.27. The molecule has 0 bridgehead atoms. The van der Waals surface area contributed by atoms with Gasteiger partial charge >= 0.3 is 11.9 Å². The molecule has 1 N–H and O–H groups in total. The van der Waals surface area contributed by atoms with E-state index in [1.54, 1.807) is 12.1 Å². The van der Waals surface area contributed by atoms with Gasteiger partial charge in [-0.1, -0.05) is 22.4 Å². The molecule has 1 aliphatic rings. The Kier molecular flexibility index (Phi) is 5.11. The van der Waals surface area contributed by atoms with Crippen LogP contribution in [0.1, 0.15) is 16.7 Å². The number of alkyl halides is 3. The molecular formula is C20H20F3N2O4S+. The van der Waals surface area contributed by atoms with Crippen molar-refractivity contribution in [2.24, 2.45) is 0 Å². The van der Waals surface area contributed by atoms with E-state index in [2.05, 4.69) is 0 Å². The lowest BCUT2D eigenvalue weighted by Gasteiger charge is -2.30. The lowest BCUT2D eigenvalue weighted by Crippen LogP contribution is -2.38. The summed E-state index contributed by atoms with van der Waals surface area (Å²) in [6.07, 6.45) is -2.59. The first kappa shape index (κ1) is 20.8. The Bertz CT molecular complexity index is 1210. The molecule has 0 aliphatic carbocycles. The maximum atomic E-state index is 12.8. The van der Waals surface area contributed by atoms with Gasteiger partial charge in [0, 0.05) is 19.2 Å². The molecule has 1 aromatic heterocycles. The van der Waals surface area contributed by atoms with E-state index in [4.69, 9.17) is 4.42 Å². The third-order valence-corrected chi connectivity index (χ3v) is 6.39. The molecule has 160 valence electrons. The molecule has 0 radical (unpaired) electrons. The van der Waals surface area contributed by atoms with Crippen LogP contribution in [-0.4, -0.2) is 39.5 Å². The van der Waals surface area contributed by atoms with Crippen LogP contribution in [0.3, 0.4) is 0 Å². The van der Waals surface area contributed by atoms with Crippen molar-refractivity contribution in [3.8, 4) is 0 Å². The smallest absolute Gasteiger partial charge is 0.407 e. The Morgan fingerprint density at radius 2 is 2.00 bits per heavy atom. The summed E-state index contributed by atoms with van der Waals surface area (Å²) in [6.45, 7) is -0.364. The van der Waals surface area contributed by atoms with Crippen molar-refractivity contribution in [2.45, 2.75) is 30.6 Å². The molecule has 3 aromatic rings. The molecule has 1 aliphatic heterocycles. The number of nitrogens with zero attached hydrogens (tertiary/aromatic N) is 2. The van der Waals surface area contributed by atoms with Gasteiger partial charge in [-0.2, -0.15) is 17.7 Å². The van der Waals surface area contributed by atoms with Crippen LogP contribution >= 0.6 is 0 Å². The second-order valence-electron chi connectivity index (χ2n) is 7.52. The van der Waals surface area contributed by atoms with E-state index in [9.17, 15) is 26.7 Å². The summed E-state index contributed by atoms with van der Waals surface area (Å²) in [7, 11) is -3.21. The topological polar surface area (TPSA) is 75.7 Å². The molecule has 0 saturated carbocycles. The van der Waals surface area contributed by atoms with Gasteiger partial charge in [0.2, 0.25) is 10.2 Å². The SMILES string of the molecule is C[S+](=O)(O)c1ccc2c(c1)oc(=O)n2Cc1cccc2c1CN(CC(F)(F)F)CC2. The molecule has 0 amide bonds. The van der Waals surface area contributed by atoms with Gasteiger partial charge in [0.25, 0.3) is 0 Å². The zero-order valence-electron chi connectivity index (χ0n) is 16.1. The van der Waals surface area contributed by atoms with E-state index in [0.29, 0.717) is 18.5 Å². The van der Waals surface area contributed by atoms with Crippen LogP contribution in [0.4, 0.5) is 13.2 Å². The van der Waals surface area contributed by atoms with E-state index >= 15 is 0 Å². The van der Waals surface area contributed by atoms with Gasteiger partial charge in [-0.05, 0) is 35.2 Å². The largest absolute Gasteiger partial charge is 0.420 e. The number of hydrogen-bond acceptors (Lipinski definition) is 4. The molecule has 4 rings (SSSR count). The molecule has 0 fully saturated rings. The van der Waals surface area contributed by atoms with Crippen LogP contribution in [0, 0.1) is 0 Å². The monoisotopic (exact) mass is 441 g/mol. The summed E-state index contributed by atoms with van der Waals surface area (Å²) < 4.78 is 66.7. The average molecular weight is 441 g/mol. The summed E-state index contributed by atoms with van der Waals surface area (Å²) in [5.41, 5.74) is 3.14. The van der Waals surface area contributed by atoms with Crippen LogP contribution in [0.5, 0.6) is 0 Å². The highest BCUT2D eigenvalue weighted by atomic mass is 32.3. The highest BCUT2D eigenvalue weighted by molar-refractivity contribution is 7.97. The van der Waals surface area contributed by atoms with Crippen LogP contribution in [0.15, 0.2) is 50.5 Å². The Hall–Kier alpha value is -2.43. The summed E-state index contributed by atoms with van der Waals surface area (Å²) in [4.78, 5) is 13.9. The number of hydrogen-bond donors (Lipinski definition) is 1. The quantitative estimate of drug-likeness (QED) is 0.627. The fourth-order valence-electron chi connectivity index (χ4n) is 3.85. The zero-order valence-corrected chi connectivity index (χ0v) is 16.9. The van der Waals surface area contributed by atoms with Crippen molar-refractivity contribution < 1.29 is 26.4 Å². The second-order valence-corrected chi connectivity index (χ2v) is 9.59. The molecule has 6 nitrogen and oxygen atoms in total. The lowest BCUT2D eigenvalue weighted by molar-refractivity contribution is -0.147. The third-order valence-electron chi connectivity index (χ3n) is 5.26. The third kappa shape index (κ3) is 4.21. The van der Waals surface area contributed by atoms with Crippen LogP contribution < -0.4 is 5.76 Å². The van der Waals surface area contributed by atoms with E-state index in [1.165, 1.54) is 27.9 Å². The van der Waals surface area contributed by atoms with E-state index in [1.807, 2.05) is 12.1 Å². The van der Waals surface area contributed by atoms with E-state index in [-0.39, 0.29) is 23.6 Å². The first-order valence-corrected chi connectivity index (χ1v) is 11.2. The predicted molar refractivity (Wildman–Crippen MR) is 106 cm³/mol. The lowest BCUT2D eigenvalue weighted by atomic mass is 9.94. The van der Waals surface area contributed by atoms with Gasteiger partial charge < -0.3 is 4.42 Å². The van der Waals surface area contributed by atoms with Gasteiger partial charge in [0.05, 0.1) is 18.6 Å². The molecule has 2 heterocycles. The van der Waals surface area contributed by atoms with Crippen LogP contribution in [-0.2, 0) is 33.9 Å². The Balaban J connectivity index is 1.69. The van der Waals surface area contributed by atoms with Crippen molar-refractivity contribution >= 4 is 21.3 Å². The fraction of sp³-hybridized carbons (Fsp3) is 0.350. The number of oxazole rings is 1. The van der Waals surface area contributed by atoms with Crippen molar-refractivity contribution in [1.82, 2.24) is 9.47 Å². The molecule has 10 heteroatoms. The fourth-order valence-corrected chi connectivity index (χ4v) is 4.49. The first-order valence-electron chi connectivity index (χ1n) is 9.25. The van der Waals surface area contributed by atoms with Crippen molar-refractivity contribution in [1.29, 1.82) is 0 Å². The van der Waals surface area contributed by atoms with Crippen molar-refractivity contribution in [3.05, 3.63) is 63.6 Å². The minimum Gasteiger partial charge on any atom is -0.407 e. The number of aromatic nitrogens is 1. The van der Waals surface area contributed by atoms with E-state index < -0.39 is 28.7 Å². The summed E-state index contributed by atoms with van der Waals surface area (Å²) in [5, 5.41) is 0. The van der Waals surface area contributed by atoms with Gasteiger partial charge in [-0.3, -0.25) is 9.47 Å². The zero-order chi connectivity index (χ0) is 21.7. The van der Waals surface area contributed by atoms with Gasteiger partial charge in [-0.15, -0.1) is 0 Å². The maximum absolute atomic E-state index is 12.8. The minimum absolute atomic E-state index is 0.134. The minimum atomic E-state index is -4.27. The van der Waals surface area contributed by atoms with Crippen molar-refractivity contribution in [3.63, 3.8) is 0 Å². The van der Waals surface area contributed by atoms with Gasteiger partial charge in [0.15, 0.2) is 10.5 Å². The van der Waals surface area contributed by atoms with Crippen molar-refractivity contribution in [2.75, 3.05) is 19.3 Å². The molecular weight excluding hydrogens is 421 g/mol. The molecule has 1 atom stereocenters. The Labute approximate surface area is 171 Å². The maximum Gasteiger partial charge on any atom is 0.420 e. The molecule has 1 unspecified atom stereocenters. The summed E-state index contributed by atoms with van der Waals surface area (Å²) in [6, 6.07) is 9.88. The average Bonchev–Trinajstić information content (AvgIpc) is 2.95. The first-order chi connectivity index (χ1) is 14.0. The number of halogens is 3. The van der Waals surface area contributed by atoms with Crippen LogP contribution in [0.2, 0.25) is 0 Å². The number of benzene rings is 2. The molecule has 0 spiro atoms. The van der Waals surface area contributed by atoms with Crippen LogP contribution in [0.25, 0.3) is 11.1 Å². The standard InChI is InChI=1S/C20H19F3N2O4S/c1-30(27,28)15-5-6-17-18(9-15)29-19(26)25(17)10-14-4-2-3-13-7-8-24(11-16(13)14)12-20(21,22)23/h2-6,9H,7-8,10-12H2,1H3/p+1. The van der Waals surface area contributed by atoms with Gasteiger partial charge in [0.1, 0.15) is 6.26 Å². The summed E-state index contributed by atoms with van der Waals surface area (Å²) in [5.74, 6) is -0.636. The molecule has 0 saturated heterocycles. The van der Waals surface area contributed by atoms with Gasteiger partial charge in [-0.25, -0.2) is 4.79 Å². The molecule has 2 aromatic carbocycles. The second kappa shape index (κ2) is 7.36. The predicted octanol–water partition coefficient (Wildman–Crippen LogP) is 3.52. The van der Waals surface area contributed by atoms with E-state index in [0.717, 1.165) is 16.7 Å². The number of rotatable bonds is 4. The normalized spacial score (nSPS) is 17.1. The Morgan fingerprint density at radius 3 is 2.70 bits per heavy atom. The molecule has 30 heavy (non-hydrogen) atoms. The summed E-state index contributed by atoms with van der Waals surface area (Å²) >= 11 is 0.